The monoisotopic (exact) mass is 314 g/mol. The van der Waals surface area contributed by atoms with E-state index in [0.29, 0.717) is 24.8 Å². The van der Waals surface area contributed by atoms with Gasteiger partial charge in [0, 0.05) is 48.6 Å². The van der Waals surface area contributed by atoms with E-state index in [0.717, 1.165) is 37.6 Å². The maximum atomic E-state index is 11.0. The zero-order valence-electron chi connectivity index (χ0n) is 13.1. The molecule has 0 radical (unpaired) electrons. The van der Waals surface area contributed by atoms with Crippen LogP contribution >= 0.6 is 0 Å². The molecule has 0 amide bonds. The minimum atomic E-state index is -0.746. The van der Waals surface area contributed by atoms with Crippen LogP contribution in [0.25, 0.3) is 0 Å². The van der Waals surface area contributed by atoms with E-state index < -0.39 is 10.8 Å². The maximum absolute atomic E-state index is 11.0. The molecular formula is C14H26N4O2S. The Hall–Kier alpha value is -1.21. The van der Waals surface area contributed by atoms with Crippen molar-refractivity contribution in [2.75, 3.05) is 42.3 Å². The van der Waals surface area contributed by atoms with Crippen LogP contribution in [-0.2, 0) is 22.1 Å². The summed E-state index contributed by atoms with van der Waals surface area (Å²) in [6.07, 6.45) is 3.61. The Balaban J connectivity index is 2.63. The van der Waals surface area contributed by atoms with Crippen molar-refractivity contribution in [2.45, 2.75) is 33.3 Å². The number of nitrogens with one attached hydrogen (secondary N) is 2. The van der Waals surface area contributed by atoms with E-state index in [1.54, 1.807) is 6.26 Å². The molecule has 0 saturated carbocycles. The van der Waals surface area contributed by atoms with Gasteiger partial charge in [-0.15, -0.1) is 0 Å². The van der Waals surface area contributed by atoms with E-state index in [-0.39, 0.29) is 0 Å². The summed E-state index contributed by atoms with van der Waals surface area (Å²) in [5.41, 5.74) is 0. The number of aromatic nitrogens is 2. The first-order valence-electron chi connectivity index (χ1n) is 7.39. The molecule has 120 valence electrons. The van der Waals surface area contributed by atoms with Crippen LogP contribution in [0.1, 0.15) is 32.5 Å². The summed E-state index contributed by atoms with van der Waals surface area (Å²) in [7, 11) is -0.746. The van der Waals surface area contributed by atoms with Gasteiger partial charge in [-0.05, 0) is 19.8 Å². The number of hydrogen-bond donors (Lipinski definition) is 2. The molecule has 7 heteroatoms. The van der Waals surface area contributed by atoms with E-state index in [2.05, 4.69) is 27.5 Å². The summed E-state index contributed by atoms with van der Waals surface area (Å²) >= 11 is 0. The van der Waals surface area contributed by atoms with Crippen LogP contribution in [0.4, 0.5) is 11.6 Å². The lowest BCUT2D eigenvalue weighted by atomic mass is 10.4. The lowest BCUT2D eigenvalue weighted by Crippen LogP contribution is -2.11. The van der Waals surface area contributed by atoms with Crippen molar-refractivity contribution in [1.29, 1.82) is 0 Å². The SMILES string of the molecule is CCCNc1cc(NCCCS(C)=O)nc(COCC)n1. The van der Waals surface area contributed by atoms with Crippen molar-refractivity contribution in [3.8, 4) is 0 Å². The first-order valence-corrected chi connectivity index (χ1v) is 9.11. The van der Waals surface area contributed by atoms with Crippen molar-refractivity contribution >= 4 is 22.4 Å². The molecule has 0 saturated heterocycles. The number of hydrogen-bond acceptors (Lipinski definition) is 6. The van der Waals surface area contributed by atoms with Crippen molar-refractivity contribution < 1.29 is 8.95 Å². The van der Waals surface area contributed by atoms with E-state index in [1.807, 2.05) is 13.0 Å². The predicted molar refractivity (Wildman–Crippen MR) is 88.2 cm³/mol. The third-order valence-corrected chi connectivity index (χ3v) is 3.54. The van der Waals surface area contributed by atoms with Gasteiger partial charge in [0.25, 0.3) is 0 Å². The third kappa shape index (κ3) is 7.96. The van der Waals surface area contributed by atoms with Crippen LogP contribution in [0.15, 0.2) is 6.07 Å². The molecule has 0 bridgehead atoms. The first kappa shape index (κ1) is 17.8. The van der Waals surface area contributed by atoms with E-state index in [4.69, 9.17) is 4.74 Å². The fourth-order valence-electron chi connectivity index (χ4n) is 1.68. The molecule has 1 aromatic rings. The van der Waals surface area contributed by atoms with Gasteiger partial charge in [0.1, 0.15) is 18.2 Å². The standard InChI is InChI=1S/C14H26N4O2S/c1-4-7-15-12-10-13(16-8-6-9-21(3)19)18-14(17-12)11-20-5-2/h10H,4-9,11H2,1-3H3,(H2,15,16,17,18). The molecule has 21 heavy (non-hydrogen) atoms. The zero-order chi connectivity index (χ0) is 15.5. The van der Waals surface area contributed by atoms with Gasteiger partial charge in [-0.3, -0.25) is 4.21 Å². The molecule has 1 rings (SSSR count). The van der Waals surface area contributed by atoms with Crippen LogP contribution < -0.4 is 10.6 Å². The Morgan fingerprint density at radius 1 is 1.19 bits per heavy atom. The number of nitrogens with zero attached hydrogens (tertiary/aromatic N) is 2. The average Bonchev–Trinajstić information content (AvgIpc) is 2.47. The minimum Gasteiger partial charge on any atom is -0.374 e. The fraction of sp³-hybridized carbons (Fsp3) is 0.714. The second-order valence-electron chi connectivity index (χ2n) is 4.68. The molecule has 1 unspecified atom stereocenters. The molecule has 0 aliphatic heterocycles. The van der Waals surface area contributed by atoms with Gasteiger partial charge < -0.3 is 15.4 Å². The molecule has 0 fully saturated rings. The van der Waals surface area contributed by atoms with Gasteiger partial charge in [-0.25, -0.2) is 9.97 Å². The second-order valence-corrected chi connectivity index (χ2v) is 6.23. The second kappa shape index (κ2) is 10.5. The summed E-state index contributed by atoms with van der Waals surface area (Å²) in [5.74, 6) is 2.95. The number of ether oxygens (including phenoxy) is 1. The predicted octanol–water partition coefficient (Wildman–Crippen LogP) is 2.02. The average molecular weight is 314 g/mol. The van der Waals surface area contributed by atoms with Gasteiger partial charge in [0.05, 0.1) is 0 Å². The molecular weight excluding hydrogens is 288 g/mol. The minimum absolute atomic E-state index is 0.409. The summed E-state index contributed by atoms with van der Waals surface area (Å²) in [6.45, 7) is 6.73. The molecule has 6 nitrogen and oxygen atoms in total. The molecule has 0 aromatic carbocycles. The Morgan fingerprint density at radius 3 is 2.43 bits per heavy atom. The molecule has 2 N–H and O–H groups in total. The lowest BCUT2D eigenvalue weighted by molar-refractivity contribution is 0.128. The zero-order valence-corrected chi connectivity index (χ0v) is 14.0. The van der Waals surface area contributed by atoms with Crippen molar-refractivity contribution in [2.24, 2.45) is 0 Å². The highest BCUT2D eigenvalue weighted by Gasteiger charge is 2.04. The molecule has 0 spiro atoms. The van der Waals surface area contributed by atoms with Crippen LogP contribution in [0.5, 0.6) is 0 Å². The Bertz CT molecular complexity index is 417. The van der Waals surface area contributed by atoms with Gasteiger partial charge in [-0.2, -0.15) is 0 Å². The van der Waals surface area contributed by atoms with Gasteiger partial charge in [0.15, 0.2) is 5.82 Å². The normalized spacial score (nSPS) is 12.1. The smallest absolute Gasteiger partial charge is 0.158 e. The highest BCUT2D eigenvalue weighted by atomic mass is 32.2. The fourth-order valence-corrected chi connectivity index (χ4v) is 2.23. The topological polar surface area (TPSA) is 76.1 Å². The number of anilines is 2. The van der Waals surface area contributed by atoms with E-state index in [1.165, 1.54) is 0 Å². The van der Waals surface area contributed by atoms with Gasteiger partial charge in [0.2, 0.25) is 0 Å². The quantitative estimate of drug-likeness (QED) is 0.609. The van der Waals surface area contributed by atoms with E-state index >= 15 is 0 Å². The summed E-state index contributed by atoms with van der Waals surface area (Å²) in [4.78, 5) is 8.86. The van der Waals surface area contributed by atoms with Gasteiger partial charge >= 0.3 is 0 Å². The van der Waals surface area contributed by atoms with Crippen molar-refractivity contribution in [1.82, 2.24) is 9.97 Å². The largest absolute Gasteiger partial charge is 0.374 e. The highest BCUT2D eigenvalue weighted by molar-refractivity contribution is 7.84. The Kier molecular flexibility index (Phi) is 8.93. The van der Waals surface area contributed by atoms with Crippen LogP contribution in [0.2, 0.25) is 0 Å². The molecule has 0 aliphatic carbocycles. The molecule has 0 aliphatic rings. The summed E-state index contributed by atoms with van der Waals surface area (Å²) in [6, 6.07) is 1.90. The van der Waals surface area contributed by atoms with Gasteiger partial charge in [-0.1, -0.05) is 6.92 Å². The molecule has 1 aromatic heterocycles. The van der Waals surface area contributed by atoms with Crippen LogP contribution in [0.3, 0.4) is 0 Å². The van der Waals surface area contributed by atoms with Crippen LogP contribution in [-0.4, -0.2) is 45.9 Å². The number of rotatable bonds is 11. The lowest BCUT2D eigenvalue weighted by Gasteiger charge is -2.11. The highest BCUT2D eigenvalue weighted by Crippen LogP contribution is 2.12. The van der Waals surface area contributed by atoms with E-state index in [9.17, 15) is 4.21 Å². The molecule has 1 heterocycles. The maximum Gasteiger partial charge on any atom is 0.158 e. The van der Waals surface area contributed by atoms with Crippen molar-refractivity contribution in [3.05, 3.63) is 11.9 Å². The summed E-state index contributed by atoms with van der Waals surface area (Å²) in [5, 5.41) is 6.52. The summed E-state index contributed by atoms with van der Waals surface area (Å²) < 4.78 is 16.4. The Morgan fingerprint density at radius 2 is 1.86 bits per heavy atom. The molecule has 1 atom stereocenters. The van der Waals surface area contributed by atoms with Crippen LogP contribution in [0, 0.1) is 0 Å². The Labute approximate surface area is 129 Å². The first-order chi connectivity index (χ1) is 10.2. The van der Waals surface area contributed by atoms with Crippen molar-refractivity contribution in [3.63, 3.8) is 0 Å². The third-order valence-electron chi connectivity index (χ3n) is 2.68.